The molecule has 0 radical (unpaired) electrons. The Hall–Kier alpha value is -1.38. The first kappa shape index (κ1) is 26.7. The summed E-state index contributed by atoms with van der Waals surface area (Å²) in [6.07, 6.45) is 1.81. The van der Waals surface area contributed by atoms with Crippen molar-refractivity contribution >= 4 is 22.0 Å². The highest BCUT2D eigenvalue weighted by Gasteiger charge is 2.53. The summed E-state index contributed by atoms with van der Waals surface area (Å²) in [5.74, 6) is -0.833. The van der Waals surface area contributed by atoms with Crippen molar-refractivity contribution in [2.45, 2.75) is 48.9 Å². The average Bonchev–Trinajstić information content (AvgIpc) is 3.48. The fourth-order valence-electron chi connectivity index (χ4n) is 5.45. The van der Waals surface area contributed by atoms with Gasteiger partial charge in [-0.15, -0.1) is 0 Å². The van der Waals surface area contributed by atoms with Gasteiger partial charge in [0.1, 0.15) is 6.67 Å². The summed E-state index contributed by atoms with van der Waals surface area (Å²) in [4.78, 5) is 30.0. The number of hydrogen-bond acceptors (Lipinski definition) is 8. The van der Waals surface area contributed by atoms with E-state index in [2.05, 4.69) is 10.1 Å². The van der Waals surface area contributed by atoms with Gasteiger partial charge in [-0.05, 0) is 32.1 Å². The van der Waals surface area contributed by atoms with Gasteiger partial charge in [-0.25, -0.2) is 27.3 Å². The fourth-order valence-corrected chi connectivity index (χ4v) is 7.38. The molecule has 200 valence electrons. The van der Waals surface area contributed by atoms with Gasteiger partial charge < -0.3 is 14.4 Å². The number of hydrogen-bond donors (Lipinski definition) is 2. The third-order valence-corrected chi connectivity index (χ3v) is 9.69. The van der Waals surface area contributed by atoms with Crippen LogP contribution in [-0.4, -0.2) is 119 Å². The quantitative estimate of drug-likeness (QED) is 0.344. The van der Waals surface area contributed by atoms with E-state index < -0.39 is 33.4 Å². The summed E-state index contributed by atoms with van der Waals surface area (Å²) < 4.78 is 52.6. The Bertz CT molecular complexity index is 888. The molecule has 4 fully saturated rings. The summed E-state index contributed by atoms with van der Waals surface area (Å²) in [5, 5.41) is 1.15. The molecule has 13 heteroatoms. The van der Waals surface area contributed by atoms with Crippen molar-refractivity contribution in [2.24, 2.45) is 11.8 Å². The second kappa shape index (κ2) is 10.9. The van der Waals surface area contributed by atoms with E-state index >= 15 is 0 Å². The Labute approximate surface area is 206 Å². The number of carbonyl (C=O) groups excluding carboxylic acids is 2. The summed E-state index contributed by atoms with van der Waals surface area (Å²) in [5.41, 5.74) is 2.22. The van der Waals surface area contributed by atoms with Crippen molar-refractivity contribution < 1.29 is 31.9 Å². The topological polar surface area (TPSA) is 121 Å². The molecule has 3 amide bonds. The monoisotopic (exact) mass is 519 g/mol. The number of alkyl halides is 1. The number of sulfonamides is 1. The number of amides is 3. The summed E-state index contributed by atoms with van der Waals surface area (Å²) >= 11 is 0. The van der Waals surface area contributed by atoms with Crippen LogP contribution in [0.4, 0.5) is 9.18 Å². The van der Waals surface area contributed by atoms with E-state index in [0.29, 0.717) is 65.1 Å². The van der Waals surface area contributed by atoms with Crippen molar-refractivity contribution in [3.05, 3.63) is 0 Å². The number of nitrogens with one attached hydrogen (secondary N) is 2. The molecule has 0 aromatic carbocycles. The molecular weight excluding hydrogens is 481 g/mol. The minimum Gasteiger partial charge on any atom is -0.382 e. The molecule has 4 unspecified atom stereocenters. The molecule has 4 atom stereocenters. The minimum atomic E-state index is -3.79. The van der Waals surface area contributed by atoms with Crippen LogP contribution >= 0.6 is 0 Å². The lowest BCUT2D eigenvalue weighted by molar-refractivity contribution is -0.141. The predicted molar refractivity (Wildman–Crippen MR) is 126 cm³/mol. The van der Waals surface area contributed by atoms with Crippen LogP contribution in [0.15, 0.2) is 0 Å². The molecule has 11 nitrogen and oxygen atoms in total. The summed E-state index contributed by atoms with van der Waals surface area (Å²) in [6, 6.07) is -0.709. The highest BCUT2D eigenvalue weighted by atomic mass is 32.2. The van der Waals surface area contributed by atoms with Crippen LogP contribution in [-0.2, 0) is 24.3 Å². The first-order valence-corrected chi connectivity index (χ1v) is 14.0. The van der Waals surface area contributed by atoms with Crippen molar-refractivity contribution in [3.8, 4) is 0 Å². The zero-order valence-electron chi connectivity index (χ0n) is 20.6. The third kappa shape index (κ3) is 5.96. The molecule has 2 saturated carbocycles. The van der Waals surface area contributed by atoms with Crippen LogP contribution in [0.1, 0.15) is 32.1 Å². The Balaban J connectivity index is 1.49. The van der Waals surface area contributed by atoms with Gasteiger partial charge in [-0.1, -0.05) is 0 Å². The third-order valence-electron chi connectivity index (χ3n) is 7.66. The predicted octanol–water partition coefficient (Wildman–Crippen LogP) is -0.0614. The second-order valence-corrected chi connectivity index (χ2v) is 12.3. The number of urea groups is 1. The number of rotatable bonds is 12. The molecule has 0 aromatic heterocycles. The van der Waals surface area contributed by atoms with Crippen molar-refractivity contribution in [3.63, 3.8) is 0 Å². The number of methoxy groups -OCH3 is 1. The zero-order chi connectivity index (χ0) is 25.2. The molecule has 0 bridgehead atoms. The number of carbonyl (C=O) groups is 2. The first-order valence-electron chi connectivity index (χ1n) is 12.4. The van der Waals surface area contributed by atoms with Crippen molar-refractivity contribution in [2.75, 3.05) is 66.8 Å². The number of halogens is 1. The van der Waals surface area contributed by atoms with Gasteiger partial charge in [0.2, 0.25) is 15.9 Å². The Kier molecular flexibility index (Phi) is 8.33. The number of fused-ring (bicyclic) bond motifs is 1. The fraction of sp³-hybridized carbons (Fsp3) is 0.909. The van der Waals surface area contributed by atoms with Gasteiger partial charge in [0, 0.05) is 52.3 Å². The molecule has 2 aliphatic carbocycles. The SMILES string of the molecule is COCCOCCN1C(=O)N(CC2CNN(C)C2)C(=O)C2CC(S(=O)(=O)NC3(CF)CC3)CCC21. The van der Waals surface area contributed by atoms with Gasteiger partial charge in [0.15, 0.2) is 0 Å². The molecule has 2 heterocycles. The summed E-state index contributed by atoms with van der Waals surface area (Å²) in [6.45, 7) is 2.38. The molecule has 2 N–H and O–H groups in total. The van der Waals surface area contributed by atoms with Crippen LogP contribution in [0.2, 0.25) is 0 Å². The van der Waals surface area contributed by atoms with Crippen LogP contribution in [0, 0.1) is 11.8 Å². The van der Waals surface area contributed by atoms with E-state index in [1.807, 2.05) is 12.1 Å². The molecule has 4 rings (SSSR count). The highest BCUT2D eigenvalue weighted by molar-refractivity contribution is 7.90. The van der Waals surface area contributed by atoms with Crippen LogP contribution in [0.5, 0.6) is 0 Å². The van der Waals surface area contributed by atoms with E-state index in [1.165, 1.54) is 4.90 Å². The lowest BCUT2D eigenvalue weighted by Crippen LogP contribution is -2.65. The number of hydrazine groups is 1. The van der Waals surface area contributed by atoms with Gasteiger partial charge in [-0.3, -0.25) is 15.1 Å². The Morgan fingerprint density at radius 3 is 2.60 bits per heavy atom. The lowest BCUT2D eigenvalue weighted by Gasteiger charge is -2.48. The van der Waals surface area contributed by atoms with E-state index in [-0.39, 0.29) is 36.9 Å². The zero-order valence-corrected chi connectivity index (χ0v) is 21.4. The normalized spacial score (nSPS) is 31.2. The largest absolute Gasteiger partial charge is 0.382 e. The minimum absolute atomic E-state index is 0.0910. The van der Waals surface area contributed by atoms with Gasteiger partial charge in [-0.2, -0.15) is 0 Å². The molecule has 0 spiro atoms. The van der Waals surface area contributed by atoms with Gasteiger partial charge in [0.05, 0.1) is 36.5 Å². The van der Waals surface area contributed by atoms with E-state index in [9.17, 15) is 22.4 Å². The van der Waals surface area contributed by atoms with Crippen LogP contribution in [0.25, 0.3) is 0 Å². The lowest BCUT2D eigenvalue weighted by atomic mass is 9.80. The number of imide groups is 1. The van der Waals surface area contributed by atoms with Crippen LogP contribution in [0.3, 0.4) is 0 Å². The van der Waals surface area contributed by atoms with E-state index in [4.69, 9.17) is 9.47 Å². The number of nitrogens with zero attached hydrogens (tertiary/aromatic N) is 3. The maximum absolute atomic E-state index is 13.5. The van der Waals surface area contributed by atoms with Crippen molar-refractivity contribution in [1.82, 2.24) is 25.0 Å². The Morgan fingerprint density at radius 2 is 1.97 bits per heavy atom. The number of ether oxygens (including phenoxy) is 2. The van der Waals surface area contributed by atoms with E-state index in [1.54, 1.807) is 12.0 Å². The molecule has 2 aliphatic heterocycles. The molecule has 2 saturated heterocycles. The maximum Gasteiger partial charge on any atom is 0.327 e. The average molecular weight is 520 g/mol. The van der Waals surface area contributed by atoms with Gasteiger partial charge >= 0.3 is 6.03 Å². The second-order valence-electron chi connectivity index (χ2n) is 10.3. The molecule has 4 aliphatic rings. The first-order chi connectivity index (χ1) is 16.7. The summed E-state index contributed by atoms with van der Waals surface area (Å²) in [7, 11) is -0.295. The van der Waals surface area contributed by atoms with Crippen molar-refractivity contribution in [1.29, 1.82) is 0 Å². The maximum atomic E-state index is 13.5. The molecule has 0 aromatic rings. The molecule has 35 heavy (non-hydrogen) atoms. The highest BCUT2D eigenvalue weighted by Crippen LogP contribution is 2.40. The van der Waals surface area contributed by atoms with Gasteiger partial charge in [0.25, 0.3) is 0 Å². The van der Waals surface area contributed by atoms with Crippen LogP contribution < -0.4 is 10.1 Å². The smallest absolute Gasteiger partial charge is 0.327 e. The van der Waals surface area contributed by atoms with E-state index in [0.717, 1.165) is 0 Å². The standard InChI is InChI=1S/C22H38FN5O6S/c1-26-13-16(12-24-26)14-28-20(29)18-11-17(35(31,32)25-22(15-23)5-6-22)3-4-19(18)27(21(28)30)7-8-34-10-9-33-2/h16-19,24-25H,3-15H2,1-2H3. The molecular formula is C22H38FN5O6S. The Morgan fingerprint density at radius 1 is 1.20 bits per heavy atom.